The number of ether oxygens (including phenoxy) is 3. The van der Waals surface area contributed by atoms with Crippen LogP contribution in [-0.4, -0.2) is 39.9 Å². The molecule has 30 heavy (non-hydrogen) atoms. The molecule has 0 saturated carbocycles. The maximum Gasteiger partial charge on any atom is 0.427 e. The van der Waals surface area contributed by atoms with Crippen LogP contribution in [-0.2, 0) is 32.0 Å². The van der Waals surface area contributed by atoms with Gasteiger partial charge < -0.3 is 14.2 Å². The van der Waals surface area contributed by atoms with Crippen molar-refractivity contribution in [3.63, 3.8) is 0 Å². The molecular weight excluding hydrogens is 390 g/mol. The zero-order valence-corrected chi connectivity index (χ0v) is 17.9. The molecule has 0 aliphatic rings. The molecule has 0 spiro atoms. The summed E-state index contributed by atoms with van der Waals surface area (Å²) in [6.07, 6.45) is -0.992. The van der Waals surface area contributed by atoms with E-state index in [0.717, 1.165) is 5.56 Å². The molecule has 2 aromatic rings. The van der Waals surface area contributed by atoms with E-state index in [-0.39, 0.29) is 31.2 Å². The van der Waals surface area contributed by atoms with Gasteiger partial charge in [-0.1, -0.05) is 30.3 Å². The predicted octanol–water partition coefficient (Wildman–Crippen LogP) is 3.13. The van der Waals surface area contributed by atoms with Gasteiger partial charge in [0.2, 0.25) is 0 Å². The molecule has 1 aromatic heterocycles. The first-order valence-corrected chi connectivity index (χ1v) is 9.55. The highest BCUT2D eigenvalue weighted by atomic mass is 16.6. The van der Waals surface area contributed by atoms with Crippen molar-refractivity contribution in [2.24, 2.45) is 0 Å². The van der Waals surface area contributed by atoms with Gasteiger partial charge in [-0.05, 0) is 40.2 Å². The van der Waals surface area contributed by atoms with Gasteiger partial charge in [0.15, 0.2) is 5.69 Å². The van der Waals surface area contributed by atoms with Crippen LogP contribution in [0.3, 0.4) is 0 Å². The number of imidazole rings is 1. The molecule has 1 aromatic carbocycles. The number of carbonyl (C=O) groups excluding carboxylic acids is 3. The van der Waals surface area contributed by atoms with Gasteiger partial charge in [0, 0.05) is 0 Å². The molecule has 0 atom stereocenters. The van der Waals surface area contributed by atoms with Crippen LogP contribution in [0.2, 0.25) is 0 Å². The van der Waals surface area contributed by atoms with Crippen molar-refractivity contribution >= 4 is 18.0 Å². The molecule has 162 valence electrons. The SMILES string of the molecule is CCOC(=O)Cc1nc(C(=O)OCc2ccccc2)c(C)n1NC(=O)OC(C)(C)C. The smallest absolute Gasteiger partial charge is 0.427 e. The molecule has 0 saturated heterocycles. The third-order valence-electron chi connectivity index (χ3n) is 3.79. The van der Waals surface area contributed by atoms with Gasteiger partial charge in [-0.3, -0.25) is 4.79 Å². The molecule has 0 bridgehead atoms. The number of hydrogen-bond acceptors (Lipinski definition) is 7. The lowest BCUT2D eigenvalue weighted by molar-refractivity contribution is -0.142. The molecule has 0 aliphatic carbocycles. The molecule has 1 heterocycles. The van der Waals surface area contributed by atoms with Gasteiger partial charge in [-0.15, -0.1) is 0 Å². The van der Waals surface area contributed by atoms with Gasteiger partial charge in [-0.25, -0.2) is 24.7 Å². The average Bonchev–Trinajstić information content (AvgIpc) is 2.95. The molecule has 0 aliphatic heterocycles. The summed E-state index contributed by atoms with van der Waals surface area (Å²) in [7, 11) is 0. The van der Waals surface area contributed by atoms with Crippen LogP contribution in [0.4, 0.5) is 4.79 Å². The molecule has 2 rings (SSSR count). The van der Waals surface area contributed by atoms with E-state index in [1.165, 1.54) is 4.68 Å². The van der Waals surface area contributed by atoms with E-state index in [4.69, 9.17) is 14.2 Å². The molecular formula is C21H27N3O6. The van der Waals surface area contributed by atoms with Crippen molar-refractivity contribution in [1.82, 2.24) is 9.66 Å². The summed E-state index contributed by atoms with van der Waals surface area (Å²) in [6, 6.07) is 9.20. The first kappa shape index (κ1) is 22.9. The third kappa shape index (κ3) is 6.61. The predicted molar refractivity (Wildman–Crippen MR) is 108 cm³/mol. The highest BCUT2D eigenvalue weighted by Gasteiger charge is 2.25. The number of rotatable bonds is 7. The number of hydrogen-bond donors (Lipinski definition) is 1. The highest BCUT2D eigenvalue weighted by Crippen LogP contribution is 2.15. The fraction of sp³-hybridized carbons (Fsp3) is 0.429. The number of carbonyl (C=O) groups is 3. The summed E-state index contributed by atoms with van der Waals surface area (Å²) >= 11 is 0. The fourth-order valence-corrected chi connectivity index (χ4v) is 2.54. The zero-order valence-electron chi connectivity index (χ0n) is 17.9. The van der Waals surface area contributed by atoms with E-state index < -0.39 is 23.6 Å². The Morgan fingerprint density at radius 1 is 1.10 bits per heavy atom. The Balaban J connectivity index is 2.24. The van der Waals surface area contributed by atoms with Crippen LogP contribution in [0, 0.1) is 6.92 Å². The van der Waals surface area contributed by atoms with Crippen LogP contribution < -0.4 is 5.43 Å². The van der Waals surface area contributed by atoms with E-state index in [1.807, 2.05) is 30.3 Å². The summed E-state index contributed by atoms with van der Waals surface area (Å²) in [4.78, 5) is 40.9. The Bertz CT molecular complexity index is 899. The van der Waals surface area contributed by atoms with Crippen LogP contribution >= 0.6 is 0 Å². The number of esters is 2. The number of aromatic nitrogens is 2. The van der Waals surface area contributed by atoms with Crippen molar-refractivity contribution in [2.75, 3.05) is 12.0 Å². The fourth-order valence-electron chi connectivity index (χ4n) is 2.54. The summed E-state index contributed by atoms with van der Waals surface area (Å²) in [6.45, 7) is 8.69. The lowest BCUT2D eigenvalue weighted by Gasteiger charge is -2.20. The van der Waals surface area contributed by atoms with Gasteiger partial charge in [-0.2, -0.15) is 0 Å². The van der Waals surface area contributed by atoms with Gasteiger partial charge in [0.1, 0.15) is 24.5 Å². The van der Waals surface area contributed by atoms with E-state index >= 15 is 0 Å². The first-order valence-electron chi connectivity index (χ1n) is 9.55. The summed E-state index contributed by atoms with van der Waals surface area (Å²) in [5.41, 5.74) is 2.90. The third-order valence-corrected chi connectivity index (χ3v) is 3.79. The van der Waals surface area contributed by atoms with Gasteiger partial charge >= 0.3 is 18.0 Å². The zero-order chi connectivity index (χ0) is 22.3. The Morgan fingerprint density at radius 2 is 1.77 bits per heavy atom. The Morgan fingerprint density at radius 3 is 2.37 bits per heavy atom. The Hall–Kier alpha value is -3.36. The molecule has 9 nitrogen and oxygen atoms in total. The first-order chi connectivity index (χ1) is 14.1. The average molecular weight is 417 g/mol. The molecule has 9 heteroatoms. The molecule has 0 fully saturated rings. The topological polar surface area (TPSA) is 109 Å². The van der Waals surface area contributed by atoms with Crippen LogP contribution in [0.1, 0.15) is 55.3 Å². The maximum absolute atomic E-state index is 12.6. The Labute approximate surface area is 175 Å². The lowest BCUT2D eigenvalue weighted by Crippen LogP contribution is -2.33. The largest absolute Gasteiger partial charge is 0.466 e. The molecule has 1 N–H and O–H groups in total. The summed E-state index contributed by atoms with van der Waals surface area (Å²) in [5.74, 6) is -1.09. The number of amides is 1. The van der Waals surface area contributed by atoms with E-state index in [1.54, 1.807) is 34.6 Å². The van der Waals surface area contributed by atoms with Crippen molar-refractivity contribution in [1.29, 1.82) is 0 Å². The van der Waals surface area contributed by atoms with Crippen LogP contribution in [0.25, 0.3) is 0 Å². The van der Waals surface area contributed by atoms with Crippen molar-refractivity contribution in [3.05, 3.63) is 53.1 Å². The monoisotopic (exact) mass is 417 g/mol. The van der Waals surface area contributed by atoms with Crippen molar-refractivity contribution in [2.45, 2.75) is 53.2 Å². The van der Waals surface area contributed by atoms with Crippen LogP contribution in [0.15, 0.2) is 30.3 Å². The molecule has 0 radical (unpaired) electrons. The minimum absolute atomic E-state index is 0.0127. The standard InChI is InChI=1S/C21H27N3O6/c1-6-28-17(25)12-16-22-18(19(26)29-13-15-10-8-7-9-11-15)14(2)24(16)23-20(27)30-21(3,4)5/h7-11H,6,12-13H2,1-5H3,(H,23,27). The summed E-state index contributed by atoms with van der Waals surface area (Å²) < 4.78 is 16.8. The quantitative estimate of drug-likeness (QED) is 0.544. The van der Waals surface area contributed by atoms with Gasteiger partial charge in [0.05, 0.1) is 12.3 Å². The second kappa shape index (κ2) is 9.91. The second-order valence-electron chi connectivity index (χ2n) is 7.45. The van der Waals surface area contributed by atoms with Crippen molar-refractivity contribution in [3.8, 4) is 0 Å². The number of nitrogens with one attached hydrogen (secondary N) is 1. The Kier molecular flexibility index (Phi) is 7.57. The minimum Gasteiger partial charge on any atom is -0.466 e. The van der Waals surface area contributed by atoms with E-state index in [9.17, 15) is 14.4 Å². The van der Waals surface area contributed by atoms with Crippen molar-refractivity contribution < 1.29 is 28.6 Å². The molecule has 0 unspecified atom stereocenters. The van der Waals surface area contributed by atoms with Gasteiger partial charge in [0.25, 0.3) is 0 Å². The van der Waals surface area contributed by atoms with Crippen LogP contribution in [0.5, 0.6) is 0 Å². The number of benzene rings is 1. The summed E-state index contributed by atoms with van der Waals surface area (Å²) in [5, 5.41) is 0. The lowest BCUT2D eigenvalue weighted by atomic mass is 10.2. The normalized spacial score (nSPS) is 11.0. The number of nitrogens with zero attached hydrogens (tertiary/aromatic N) is 2. The van der Waals surface area contributed by atoms with E-state index in [2.05, 4.69) is 10.4 Å². The maximum atomic E-state index is 12.6. The second-order valence-corrected chi connectivity index (χ2v) is 7.45. The van der Waals surface area contributed by atoms with E-state index in [0.29, 0.717) is 5.69 Å². The molecule has 1 amide bonds. The minimum atomic E-state index is -0.752. The highest BCUT2D eigenvalue weighted by molar-refractivity contribution is 5.89.